The molecule has 0 saturated heterocycles. The molecule has 78 valence electrons. The van der Waals surface area contributed by atoms with Gasteiger partial charge in [0.15, 0.2) is 10.7 Å². The van der Waals surface area contributed by atoms with E-state index in [-0.39, 0.29) is 0 Å². The van der Waals surface area contributed by atoms with E-state index in [9.17, 15) is 8.42 Å². The third-order valence-electron chi connectivity index (χ3n) is 2.05. The molecule has 0 unspecified atom stereocenters. The van der Waals surface area contributed by atoms with E-state index in [4.69, 9.17) is 4.74 Å². The van der Waals surface area contributed by atoms with Crippen LogP contribution in [-0.4, -0.2) is 15.5 Å². The lowest BCUT2D eigenvalue weighted by Crippen LogP contribution is -1.95. The van der Waals surface area contributed by atoms with Crippen LogP contribution >= 0.6 is 0 Å². The summed E-state index contributed by atoms with van der Waals surface area (Å²) in [5.74, 6) is 0.959. The smallest absolute Gasteiger partial charge is 0.168 e. The van der Waals surface area contributed by atoms with Gasteiger partial charge in [0.05, 0.1) is 12.0 Å². The van der Waals surface area contributed by atoms with Crippen LogP contribution < -0.4 is 4.74 Å². The molecule has 4 heteroatoms. The second kappa shape index (κ2) is 4.46. The number of ether oxygens (including phenoxy) is 1. The van der Waals surface area contributed by atoms with Crippen molar-refractivity contribution in [2.45, 2.75) is 24.7 Å². The van der Waals surface area contributed by atoms with Crippen LogP contribution in [0.2, 0.25) is 0 Å². The van der Waals surface area contributed by atoms with Gasteiger partial charge in [0.25, 0.3) is 0 Å². The van der Waals surface area contributed by atoms with E-state index in [0.717, 1.165) is 5.56 Å². The van der Waals surface area contributed by atoms with E-state index in [0.29, 0.717) is 16.6 Å². The zero-order valence-electron chi connectivity index (χ0n) is 8.48. The first-order valence-corrected chi connectivity index (χ1v) is 5.56. The number of rotatable bonds is 3. The standard InChI is InChI=1S/C10H14O3S/c1-7(2)9-5-4-8(14(11)12)6-10(9)13-3/h4-7,14H,1-3H3. The zero-order valence-corrected chi connectivity index (χ0v) is 9.38. The van der Waals surface area contributed by atoms with Crippen molar-refractivity contribution in [1.29, 1.82) is 0 Å². The molecule has 0 N–H and O–H groups in total. The first-order valence-electron chi connectivity index (χ1n) is 4.38. The molecule has 1 rings (SSSR count). The summed E-state index contributed by atoms with van der Waals surface area (Å²) in [5, 5.41) is 0. The second-order valence-corrected chi connectivity index (χ2v) is 4.37. The third kappa shape index (κ3) is 2.26. The molecule has 0 radical (unpaired) electrons. The minimum Gasteiger partial charge on any atom is -0.496 e. The highest BCUT2D eigenvalue weighted by Crippen LogP contribution is 2.27. The molecule has 0 bridgehead atoms. The van der Waals surface area contributed by atoms with Gasteiger partial charge in [-0.15, -0.1) is 0 Å². The topological polar surface area (TPSA) is 43.4 Å². The maximum absolute atomic E-state index is 10.7. The van der Waals surface area contributed by atoms with Crippen LogP contribution in [0.4, 0.5) is 0 Å². The molecule has 0 heterocycles. The summed E-state index contributed by atoms with van der Waals surface area (Å²) in [4.78, 5) is 0.293. The van der Waals surface area contributed by atoms with Gasteiger partial charge >= 0.3 is 0 Å². The Labute approximate surface area is 85.7 Å². The Morgan fingerprint density at radius 3 is 2.36 bits per heavy atom. The van der Waals surface area contributed by atoms with Crippen molar-refractivity contribution in [2.24, 2.45) is 0 Å². The van der Waals surface area contributed by atoms with Crippen molar-refractivity contribution >= 4 is 10.7 Å². The highest BCUT2D eigenvalue weighted by Gasteiger charge is 2.08. The Bertz CT molecular complexity index is 386. The molecular formula is C10H14O3S. The maximum Gasteiger partial charge on any atom is 0.168 e. The van der Waals surface area contributed by atoms with Gasteiger partial charge < -0.3 is 4.74 Å². The molecule has 0 atom stereocenters. The first kappa shape index (κ1) is 11.0. The van der Waals surface area contributed by atoms with Gasteiger partial charge in [-0.2, -0.15) is 0 Å². The van der Waals surface area contributed by atoms with Gasteiger partial charge in [-0.3, -0.25) is 0 Å². The highest BCUT2D eigenvalue weighted by molar-refractivity contribution is 7.72. The van der Waals surface area contributed by atoms with Crippen molar-refractivity contribution in [2.75, 3.05) is 7.11 Å². The van der Waals surface area contributed by atoms with Crippen LogP contribution in [0.25, 0.3) is 0 Å². The Morgan fingerprint density at radius 1 is 1.29 bits per heavy atom. The van der Waals surface area contributed by atoms with Crippen LogP contribution in [0.15, 0.2) is 23.1 Å². The lowest BCUT2D eigenvalue weighted by atomic mass is 10.0. The largest absolute Gasteiger partial charge is 0.496 e. The lowest BCUT2D eigenvalue weighted by Gasteiger charge is -2.11. The van der Waals surface area contributed by atoms with Gasteiger partial charge in [-0.05, 0) is 23.6 Å². The van der Waals surface area contributed by atoms with Gasteiger partial charge in [0.2, 0.25) is 0 Å². The second-order valence-electron chi connectivity index (χ2n) is 3.34. The molecule has 0 fully saturated rings. The third-order valence-corrected chi connectivity index (χ3v) is 2.75. The fourth-order valence-corrected chi connectivity index (χ4v) is 1.71. The number of hydrogen-bond acceptors (Lipinski definition) is 3. The maximum atomic E-state index is 10.7. The summed E-state index contributed by atoms with van der Waals surface area (Å²) >= 11 is 0. The number of hydrogen-bond donors (Lipinski definition) is 1. The Kier molecular flexibility index (Phi) is 3.52. The van der Waals surface area contributed by atoms with E-state index in [2.05, 4.69) is 0 Å². The number of thiol groups is 1. The van der Waals surface area contributed by atoms with Gasteiger partial charge in [0.1, 0.15) is 5.75 Å². The SMILES string of the molecule is COc1cc([SH](=O)=O)ccc1C(C)C. The summed E-state index contributed by atoms with van der Waals surface area (Å²) in [5.41, 5.74) is 1.02. The molecule has 0 saturated carbocycles. The minimum absolute atomic E-state index is 0.293. The number of benzene rings is 1. The predicted octanol–water partition coefficient (Wildman–Crippen LogP) is 1.79. The zero-order chi connectivity index (χ0) is 10.7. The summed E-state index contributed by atoms with van der Waals surface area (Å²) < 4.78 is 26.6. The molecule has 0 spiro atoms. The summed E-state index contributed by atoms with van der Waals surface area (Å²) in [6, 6.07) is 4.95. The van der Waals surface area contributed by atoms with Crippen LogP contribution in [0, 0.1) is 0 Å². The van der Waals surface area contributed by atoms with Gasteiger partial charge in [-0.25, -0.2) is 8.42 Å². The normalized spacial score (nSPS) is 10.9. The quantitative estimate of drug-likeness (QED) is 0.780. The van der Waals surface area contributed by atoms with Crippen LogP contribution in [0.3, 0.4) is 0 Å². The molecular weight excluding hydrogens is 200 g/mol. The summed E-state index contributed by atoms with van der Waals surface area (Å²) in [6.45, 7) is 4.07. The molecule has 0 aliphatic carbocycles. The monoisotopic (exact) mass is 214 g/mol. The van der Waals surface area contributed by atoms with Crippen LogP contribution in [-0.2, 0) is 10.7 Å². The van der Waals surface area contributed by atoms with Crippen molar-refractivity contribution < 1.29 is 13.2 Å². The van der Waals surface area contributed by atoms with E-state index in [1.807, 2.05) is 13.8 Å². The van der Waals surface area contributed by atoms with Crippen LogP contribution in [0.5, 0.6) is 5.75 Å². The van der Waals surface area contributed by atoms with E-state index < -0.39 is 10.7 Å². The molecule has 3 nitrogen and oxygen atoms in total. The fraction of sp³-hybridized carbons (Fsp3) is 0.400. The minimum atomic E-state index is -2.53. The fourth-order valence-electron chi connectivity index (χ4n) is 1.29. The highest BCUT2D eigenvalue weighted by atomic mass is 32.2. The van der Waals surface area contributed by atoms with Gasteiger partial charge in [0, 0.05) is 0 Å². The molecule has 0 amide bonds. The van der Waals surface area contributed by atoms with E-state index in [1.165, 1.54) is 0 Å². The van der Waals surface area contributed by atoms with E-state index >= 15 is 0 Å². The Hall–Kier alpha value is -1.03. The van der Waals surface area contributed by atoms with Gasteiger partial charge in [-0.1, -0.05) is 19.9 Å². The molecule has 0 aliphatic rings. The average molecular weight is 214 g/mol. The lowest BCUT2D eigenvalue weighted by molar-refractivity contribution is 0.406. The van der Waals surface area contributed by atoms with Crippen molar-refractivity contribution in [3.63, 3.8) is 0 Å². The van der Waals surface area contributed by atoms with E-state index in [1.54, 1.807) is 25.3 Å². The first-order chi connectivity index (χ1) is 6.56. The Morgan fingerprint density at radius 2 is 1.93 bits per heavy atom. The average Bonchev–Trinajstić information content (AvgIpc) is 2.16. The molecule has 0 aromatic heterocycles. The van der Waals surface area contributed by atoms with Crippen molar-refractivity contribution in [1.82, 2.24) is 0 Å². The molecule has 1 aromatic carbocycles. The Balaban J connectivity index is 3.24. The number of methoxy groups -OCH3 is 1. The predicted molar refractivity (Wildman–Crippen MR) is 55.7 cm³/mol. The summed E-state index contributed by atoms with van der Waals surface area (Å²) in [7, 11) is -0.985. The van der Waals surface area contributed by atoms with Crippen molar-refractivity contribution in [3.8, 4) is 5.75 Å². The molecule has 14 heavy (non-hydrogen) atoms. The van der Waals surface area contributed by atoms with Crippen molar-refractivity contribution in [3.05, 3.63) is 23.8 Å². The molecule has 1 aromatic rings. The van der Waals surface area contributed by atoms with Crippen LogP contribution in [0.1, 0.15) is 25.3 Å². The summed E-state index contributed by atoms with van der Waals surface area (Å²) in [6.07, 6.45) is 0. The molecule has 0 aliphatic heterocycles.